The predicted molar refractivity (Wildman–Crippen MR) is 117 cm³/mol. The van der Waals surface area contributed by atoms with Crippen LogP contribution in [0.3, 0.4) is 0 Å². The number of hydrogen-bond donors (Lipinski definition) is 1. The standard InChI is InChI=1S/C23H24N4O2/c1-4-5-6-21(24-2)27-18-9-13-20(14-10-18)29-23-22(25-15-16-26-23)17-7-11-19(28-3)12-8-17/h5-16H,4H2,1-3H3,(H,24,27)/b6-5-. The van der Waals surface area contributed by atoms with Crippen molar-refractivity contribution in [3.63, 3.8) is 0 Å². The molecule has 0 saturated heterocycles. The topological polar surface area (TPSA) is 68.6 Å². The van der Waals surface area contributed by atoms with Gasteiger partial charge in [0, 0.05) is 30.7 Å². The van der Waals surface area contributed by atoms with Gasteiger partial charge in [-0.1, -0.05) is 13.0 Å². The summed E-state index contributed by atoms with van der Waals surface area (Å²) in [5.74, 6) is 2.70. The van der Waals surface area contributed by atoms with E-state index in [-0.39, 0.29) is 0 Å². The molecule has 1 N–H and O–H groups in total. The zero-order valence-corrected chi connectivity index (χ0v) is 16.8. The third kappa shape index (κ3) is 5.42. The zero-order chi connectivity index (χ0) is 20.5. The molecule has 0 unspecified atom stereocenters. The number of aliphatic imine (C=N–C) groups is 1. The lowest BCUT2D eigenvalue weighted by atomic mass is 10.1. The minimum Gasteiger partial charge on any atom is -0.497 e. The van der Waals surface area contributed by atoms with Gasteiger partial charge in [-0.3, -0.25) is 4.99 Å². The SMILES string of the molecule is CC/C=C\C(=NC)Nc1ccc(Oc2nccnc2-c2ccc(OC)cc2)cc1. The Morgan fingerprint density at radius 2 is 1.69 bits per heavy atom. The van der Waals surface area contributed by atoms with Gasteiger partial charge in [-0.05, 0) is 61.0 Å². The quantitative estimate of drug-likeness (QED) is 0.436. The predicted octanol–water partition coefficient (Wildman–Crippen LogP) is 5.35. The number of nitrogens with zero attached hydrogens (tertiary/aromatic N) is 3. The van der Waals surface area contributed by atoms with E-state index < -0.39 is 0 Å². The number of nitrogens with one attached hydrogen (secondary N) is 1. The Labute approximate surface area is 171 Å². The van der Waals surface area contributed by atoms with Gasteiger partial charge in [-0.2, -0.15) is 0 Å². The fraction of sp³-hybridized carbons (Fsp3) is 0.174. The molecule has 2 aromatic carbocycles. The molecule has 0 aliphatic rings. The van der Waals surface area contributed by atoms with Crippen LogP contribution in [0, 0.1) is 0 Å². The van der Waals surface area contributed by atoms with E-state index in [1.54, 1.807) is 26.6 Å². The Morgan fingerprint density at radius 3 is 2.34 bits per heavy atom. The molecule has 0 atom stereocenters. The van der Waals surface area contributed by atoms with Crippen molar-refractivity contribution in [2.24, 2.45) is 4.99 Å². The third-order valence-corrected chi connectivity index (χ3v) is 4.12. The van der Waals surface area contributed by atoms with Gasteiger partial charge in [0.2, 0.25) is 5.88 Å². The van der Waals surface area contributed by atoms with Crippen LogP contribution in [0.25, 0.3) is 11.3 Å². The Bertz CT molecular complexity index is 981. The average molecular weight is 388 g/mol. The van der Waals surface area contributed by atoms with E-state index >= 15 is 0 Å². The summed E-state index contributed by atoms with van der Waals surface area (Å²) < 4.78 is 11.2. The smallest absolute Gasteiger partial charge is 0.246 e. The first-order chi connectivity index (χ1) is 14.2. The van der Waals surface area contributed by atoms with Crippen LogP contribution in [0.4, 0.5) is 5.69 Å². The summed E-state index contributed by atoms with van der Waals surface area (Å²) in [5.41, 5.74) is 2.49. The number of allylic oxidation sites excluding steroid dienone is 1. The summed E-state index contributed by atoms with van der Waals surface area (Å²) in [5, 5.41) is 3.27. The van der Waals surface area contributed by atoms with Crippen molar-refractivity contribution in [3.8, 4) is 28.6 Å². The Hall–Kier alpha value is -3.67. The first-order valence-corrected chi connectivity index (χ1v) is 9.37. The molecule has 0 bridgehead atoms. The number of benzene rings is 2. The minimum atomic E-state index is 0.445. The van der Waals surface area contributed by atoms with Crippen molar-refractivity contribution < 1.29 is 9.47 Å². The maximum Gasteiger partial charge on any atom is 0.246 e. The molecule has 0 aliphatic heterocycles. The molecule has 1 heterocycles. The lowest BCUT2D eigenvalue weighted by Gasteiger charge is -2.11. The summed E-state index contributed by atoms with van der Waals surface area (Å²) in [7, 11) is 3.40. The van der Waals surface area contributed by atoms with E-state index in [1.165, 1.54) is 0 Å². The molecule has 6 heteroatoms. The summed E-state index contributed by atoms with van der Waals surface area (Å²) in [6.07, 6.45) is 8.24. The molecule has 29 heavy (non-hydrogen) atoms. The Morgan fingerprint density at radius 1 is 1.00 bits per heavy atom. The third-order valence-electron chi connectivity index (χ3n) is 4.12. The molecule has 0 spiro atoms. The highest BCUT2D eigenvalue weighted by atomic mass is 16.5. The number of amidine groups is 1. The average Bonchev–Trinajstić information content (AvgIpc) is 2.78. The maximum absolute atomic E-state index is 5.99. The second kappa shape index (κ2) is 10.0. The van der Waals surface area contributed by atoms with Gasteiger partial charge in [-0.15, -0.1) is 0 Å². The van der Waals surface area contributed by atoms with Gasteiger partial charge >= 0.3 is 0 Å². The number of anilines is 1. The van der Waals surface area contributed by atoms with Crippen LogP contribution in [-0.2, 0) is 0 Å². The van der Waals surface area contributed by atoms with E-state index in [2.05, 4.69) is 33.3 Å². The molecule has 0 radical (unpaired) electrons. The largest absolute Gasteiger partial charge is 0.497 e. The van der Waals surface area contributed by atoms with Gasteiger partial charge in [-0.25, -0.2) is 9.97 Å². The molecular formula is C23H24N4O2. The van der Waals surface area contributed by atoms with E-state index in [0.717, 1.165) is 29.3 Å². The van der Waals surface area contributed by atoms with Gasteiger partial charge in [0.1, 0.15) is 23.0 Å². The first-order valence-electron chi connectivity index (χ1n) is 9.37. The monoisotopic (exact) mass is 388 g/mol. The van der Waals surface area contributed by atoms with E-state index in [0.29, 0.717) is 17.3 Å². The first kappa shape index (κ1) is 20.1. The number of methoxy groups -OCH3 is 1. The fourth-order valence-corrected chi connectivity index (χ4v) is 2.61. The highest BCUT2D eigenvalue weighted by Crippen LogP contribution is 2.30. The van der Waals surface area contributed by atoms with Crippen molar-refractivity contribution in [1.82, 2.24) is 9.97 Å². The van der Waals surface area contributed by atoms with E-state index in [9.17, 15) is 0 Å². The molecule has 148 valence electrons. The van der Waals surface area contributed by atoms with Crippen LogP contribution < -0.4 is 14.8 Å². The molecule has 1 aromatic heterocycles. The van der Waals surface area contributed by atoms with Crippen LogP contribution in [0.1, 0.15) is 13.3 Å². The van der Waals surface area contributed by atoms with Crippen molar-refractivity contribution in [2.75, 3.05) is 19.5 Å². The normalized spacial score (nSPS) is 11.5. The lowest BCUT2D eigenvalue weighted by Crippen LogP contribution is -2.08. The molecule has 3 rings (SSSR count). The van der Waals surface area contributed by atoms with Crippen molar-refractivity contribution >= 4 is 11.5 Å². The van der Waals surface area contributed by atoms with Gasteiger partial charge in [0.25, 0.3) is 0 Å². The van der Waals surface area contributed by atoms with E-state index in [1.807, 2.05) is 54.6 Å². The van der Waals surface area contributed by atoms with Crippen molar-refractivity contribution in [1.29, 1.82) is 0 Å². The second-order valence-electron chi connectivity index (χ2n) is 6.11. The summed E-state index contributed by atoms with van der Waals surface area (Å²) >= 11 is 0. The number of ether oxygens (including phenoxy) is 2. The van der Waals surface area contributed by atoms with Crippen molar-refractivity contribution in [2.45, 2.75) is 13.3 Å². The number of aromatic nitrogens is 2. The van der Waals surface area contributed by atoms with E-state index in [4.69, 9.17) is 9.47 Å². The van der Waals surface area contributed by atoms with Crippen molar-refractivity contribution in [3.05, 3.63) is 73.1 Å². The van der Waals surface area contributed by atoms with Crippen LogP contribution in [0.2, 0.25) is 0 Å². The lowest BCUT2D eigenvalue weighted by molar-refractivity contribution is 0.415. The summed E-state index contributed by atoms with van der Waals surface area (Å²) in [6.45, 7) is 2.09. The van der Waals surface area contributed by atoms with Crippen LogP contribution in [0.15, 0.2) is 78.1 Å². The highest BCUT2D eigenvalue weighted by molar-refractivity contribution is 6.03. The maximum atomic E-state index is 5.99. The fourth-order valence-electron chi connectivity index (χ4n) is 2.61. The molecule has 3 aromatic rings. The van der Waals surface area contributed by atoms with Gasteiger partial charge < -0.3 is 14.8 Å². The zero-order valence-electron chi connectivity index (χ0n) is 16.8. The molecule has 0 amide bonds. The Kier molecular flexibility index (Phi) is 6.95. The summed E-state index contributed by atoms with van der Waals surface area (Å²) in [6, 6.07) is 15.3. The second-order valence-corrected chi connectivity index (χ2v) is 6.11. The van der Waals surface area contributed by atoms with Gasteiger partial charge in [0.15, 0.2) is 0 Å². The molecule has 0 aliphatic carbocycles. The molecule has 0 fully saturated rings. The summed E-state index contributed by atoms with van der Waals surface area (Å²) in [4.78, 5) is 13.0. The molecular weight excluding hydrogens is 364 g/mol. The highest BCUT2D eigenvalue weighted by Gasteiger charge is 2.11. The molecule has 6 nitrogen and oxygen atoms in total. The van der Waals surface area contributed by atoms with Crippen LogP contribution in [0.5, 0.6) is 17.4 Å². The van der Waals surface area contributed by atoms with Crippen LogP contribution >= 0.6 is 0 Å². The van der Waals surface area contributed by atoms with Crippen LogP contribution in [-0.4, -0.2) is 30.0 Å². The Balaban J connectivity index is 1.76. The number of hydrogen-bond acceptors (Lipinski definition) is 5. The molecule has 0 saturated carbocycles. The minimum absolute atomic E-state index is 0.445. The van der Waals surface area contributed by atoms with Gasteiger partial charge in [0.05, 0.1) is 7.11 Å². The number of rotatable bonds is 7.